The summed E-state index contributed by atoms with van der Waals surface area (Å²) in [4.78, 5) is 53.4. The van der Waals surface area contributed by atoms with Crippen molar-refractivity contribution < 1.29 is 29.0 Å². The van der Waals surface area contributed by atoms with Crippen LogP contribution in [0, 0.1) is 39.4 Å². The van der Waals surface area contributed by atoms with Crippen LogP contribution in [0.25, 0.3) is 0 Å². The minimum atomic E-state index is -1.04. The Balaban J connectivity index is 1.56. The van der Waals surface area contributed by atoms with Gasteiger partial charge in [-0.2, -0.15) is 0 Å². The zero-order valence-corrected chi connectivity index (χ0v) is 22.7. The van der Waals surface area contributed by atoms with Crippen LogP contribution >= 0.6 is 0 Å². The molecule has 0 aromatic heterocycles. The lowest BCUT2D eigenvalue weighted by Gasteiger charge is -2.59. The Hall–Kier alpha value is -2.08. The first-order valence-electron chi connectivity index (χ1n) is 13.5. The molecule has 1 N–H and O–H groups in total. The average Bonchev–Trinajstić information content (AvgIpc) is 3.23. The Labute approximate surface area is 213 Å². The average molecular weight is 497 g/mol. The molecule has 4 aliphatic carbocycles. The van der Waals surface area contributed by atoms with Crippen LogP contribution in [-0.2, 0) is 23.9 Å². The maximum Gasteiger partial charge on any atom is 0.334 e. The molecule has 2 fully saturated rings. The fraction of sp³-hybridized carbons (Fsp3) is 0.733. The molecule has 6 nitrogen and oxygen atoms in total. The summed E-state index contributed by atoms with van der Waals surface area (Å²) in [5.41, 5.74) is -0.928. The highest BCUT2D eigenvalue weighted by atomic mass is 16.5. The van der Waals surface area contributed by atoms with Gasteiger partial charge in [0, 0.05) is 41.4 Å². The minimum Gasteiger partial charge on any atom is -0.455 e. The van der Waals surface area contributed by atoms with Crippen LogP contribution in [0.3, 0.4) is 0 Å². The van der Waals surface area contributed by atoms with E-state index in [-0.39, 0.29) is 54.1 Å². The summed E-state index contributed by atoms with van der Waals surface area (Å²) in [5, 5.41) is 10.7. The van der Waals surface area contributed by atoms with E-state index in [0.717, 1.165) is 12.8 Å². The van der Waals surface area contributed by atoms with Gasteiger partial charge in [-0.15, -0.1) is 0 Å². The van der Waals surface area contributed by atoms with Gasteiger partial charge in [-0.05, 0) is 67.8 Å². The molecule has 0 bridgehead atoms. The molecular weight excluding hydrogens is 456 g/mol. The maximum atomic E-state index is 14.1. The van der Waals surface area contributed by atoms with Crippen molar-refractivity contribution in [3.05, 3.63) is 22.8 Å². The lowest BCUT2D eigenvalue weighted by atomic mass is 9.42. The highest BCUT2D eigenvalue weighted by molar-refractivity contribution is 6.15. The topological polar surface area (TPSA) is 97.7 Å². The molecule has 6 heteroatoms. The van der Waals surface area contributed by atoms with E-state index in [9.17, 15) is 24.3 Å². The molecule has 1 aliphatic heterocycles. The van der Waals surface area contributed by atoms with E-state index in [2.05, 4.69) is 20.8 Å². The van der Waals surface area contributed by atoms with Crippen LogP contribution in [0.1, 0.15) is 87.0 Å². The maximum absolute atomic E-state index is 14.1. The van der Waals surface area contributed by atoms with Gasteiger partial charge in [0.2, 0.25) is 0 Å². The number of ether oxygens (including phenoxy) is 1. The monoisotopic (exact) mass is 496 g/mol. The van der Waals surface area contributed by atoms with Crippen molar-refractivity contribution in [2.75, 3.05) is 0 Å². The number of hydrogen-bond donors (Lipinski definition) is 1. The van der Waals surface area contributed by atoms with Gasteiger partial charge < -0.3 is 9.84 Å². The second-order valence-corrected chi connectivity index (χ2v) is 13.6. The smallest absolute Gasteiger partial charge is 0.334 e. The van der Waals surface area contributed by atoms with Crippen LogP contribution in [0.5, 0.6) is 0 Å². The highest BCUT2D eigenvalue weighted by Crippen LogP contribution is 2.70. The Bertz CT molecular complexity index is 1140. The van der Waals surface area contributed by atoms with E-state index in [0.29, 0.717) is 29.6 Å². The molecule has 1 heterocycles. The quantitative estimate of drug-likeness (QED) is 0.577. The van der Waals surface area contributed by atoms with Crippen molar-refractivity contribution in [2.24, 2.45) is 39.4 Å². The molecule has 0 radical (unpaired) electrons. The van der Waals surface area contributed by atoms with E-state index < -0.39 is 33.7 Å². The van der Waals surface area contributed by atoms with Crippen molar-refractivity contribution in [2.45, 2.75) is 99.2 Å². The number of aliphatic hydroxyl groups excluding tert-OH is 1. The number of aliphatic hydroxyl groups is 1. The number of allylic oxidation sites excluding steroid dienone is 2. The van der Waals surface area contributed by atoms with Gasteiger partial charge in [-0.1, -0.05) is 34.6 Å². The normalized spacial score (nSPS) is 44.6. The summed E-state index contributed by atoms with van der Waals surface area (Å²) in [5.74, 6) is -0.501. The molecule has 8 atom stereocenters. The summed E-state index contributed by atoms with van der Waals surface area (Å²) in [7, 11) is 0. The number of carbonyl (C=O) groups excluding carboxylic acids is 4. The standard InChI is InChI=1S/C30H40O6/c1-15(10-17-11-16(2)26(35)36-17)18-8-9-28(5)24-19(31)12-21-27(3,4)22(33)13-23(34)30(21,7)25(24)20(32)14-29(18,28)6/h11,15,17-18,21-22,33H,8-10,12-14H2,1-7H3/t15-,17-,18-,21+,22-,28+,29-,30-/m1/s1. The lowest BCUT2D eigenvalue weighted by Crippen LogP contribution is -2.62. The molecule has 36 heavy (non-hydrogen) atoms. The van der Waals surface area contributed by atoms with Crippen LogP contribution in [0.15, 0.2) is 22.8 Å². The van der Waals surface area contributed by atoms with Gasteiger partial charge in [0.25, 0.3) is 0 Å². The number of esters is 1. The van der Waals surface area contributed by atoms with E-state index >= 15 is 0 Å². The molecular formula is C30H40O6. The van der Waals surface area contributed by atoms with Crippen molar-refractivity contribution in [1.82, 2.24) is 0 Å². The largest absolute Gasteiger partial charge is 0.455 e. The first-order valence-corrected chi connectivity index (χ1v) is 13.5. The third-order valence-corrected chi connectivity index (χ3v) is 11.5. The molecule has 2 saturated carbocycles. The molecule has 196 valence electrons. The summed E-state index contributed by atoms with van der Waals surface area (Å²) in [6.45, 7) is 13.9. The van der Waals surface area contributed by atoms with Crippen LogP contribution in [0.2, 0.25) is 0 Å². The Morgan fingerprint density at radius 3 is 2.31 bits per heavy atom. The minimum absolute atomic E-state index is 0.0128. The van der Waals surface area contributed by atoms with E-state index in [1.807, 2.05) is 26.8 Å². The first kappa shape index (κ1) is 25.6. The third-order valence-electron chi connectivity index (χ3n) is 11.5. The van der Waals surface area contributed by atoms with Crippen LogP contribution in [0.4, 0.5) is 0 Å². The molecule has 0 unspecified atom stereocenters. The number of carbonyl (C=O) groups is 4. The molecule has 0 amide bonds. The predicted molar refractivity (Wildman–Crippen MR) is 134 cm³/mol. The summed E-state index contributed by atoms with van der Waals surface area (Å²) >= 11 is 0. The second-order valence-electron chi connectivity index (χ2n) is 13.6. The van der Waals surface area contributed by atoms with E-state index in [1.165, 1.54) is 0 Å². The van der Waals surface area contributed by atoms with Crippen molar-refractivity contribution in [3.8, 4) is 0 Å². The molecule has 5 rings (SSSR count). The lowest BCUT2D eigenvalue weighted by molar-refractivity contribution is -0.158. The zero-order chi connectivity index (χ0) is 26.6. The summed E-state index contributed by atoms with van der Waals surface area (Å²) < 4.78 is 5.51. The summed E-state index contributed by atoms with van der Waals surface area (Å²) in [6.07, 6.45) is 3.69. The molecule has 0 aromatic carbocycles. The number of Topliss-reactive ketones (excluding diaryl/α,β-unsaturated/α-hetero) is 3. The van der Waals surface area contributed by atoms with Gasteiger partial charge in [0.1, 0.15) is 11.9 Å². The SMILES string of the molecule is CC1=C[C@@H](C[C@@H](C)[C@H]2CC[C@@]3(C)C4=C(C(=O)C[C@]23C)[C@@]2(C)C(=O)C[C@@H](O)C(C)(C)[C@@H]2CC4=O)OC1=O. The Morgan fingerprint density at radius 1 is 1.03 bits per heavy atom. The zero-order valence-electron chi connectivity index (χ0n) is 22.7. The first-order chi connectivity index (χ1) is 16.6. The number of hydrogen-bond acceptors (Lipinski definition) is 6. The Kier molecular flexibility index (Phi) is 5.48. The van der Waals surface area contributed by atoms with Crippen molar-refractivity contribution in [3.63, 3.8) is 0 Å². The third kappa shape index (κ3) is 3.06. The fourth-order valence-corrected chi connectivity index (χ4v) is 9.09. The number of cyclic esters (lactones) is 1. The van der Waals surface area contributed by atoms with Gasteiger partial charge in [0.15, 0.2) is 11.6 Å². The van der Waals surface area contributed by atoms with Gasteiger partial charge in [-0.3, -0.25) is 14.4 Å². The molecule has 0 spiro atoms. The molecule has 0 saturated heterocycles. The van der Waals surface area contributed by atoms with Crippen LogP contribution < -0.4 is 0 Å². The number of ketones is 3. The van der Waals surface area contributed by atoms with E-state index in [1.54, 1.807) is 6.92 Å². The Morgan fingerprint density at radius 2 is 1.69 bits per heavy atom. The van der Waals surface area contributed by atoms with Crippen molar-refractivity contribution in [1.29, 1.82) is 0 Å². The summed E-state index contributed by atoms with van der Waals surface area (Å²) in [6, 6.07) is 0. The highest BCUT2D eigenvalue weighted by Gasteiger charge is 2.69. The van der Waals surface area contributed by atoms with Gasteiger partial charge >= 0.3 is 5.97 Å². The van der Waals surface area contributed by atoms with Crippen molar-refractivity contribution >= 4 is 23.3 Å². The molecule has 0 aromatic rings. The van der Waals surface area contributed by atoms with E-state index in [4.69, 9.17) is 4.74 Å². The van der Waals surface area contributed by atoms with Crippen LogP contribution in [-0.4, -0.2) is 40.6 Å². The number of rotatable bonds is 3. The second kappa shape index (κ2) is 7.72. The van der Waals surface area contributed by atoms with Gasteiger partial charge in [0.05, 0.1) is 11.5 Å². The molecule has 5 aliphatic rings. The fourth-order valence-electron chi connectivity index (χ4n) is 9.09. The van der Waals surface area contributed by atoms with Gasteiger partial charge in [-0.25, -0.2) is 4.79 Å². The predicted octanol–water partition coefficient (Wildman–Crippen LogP) is 4.53. The number of fused-ring (bicyclic) bond motifs is 4.